The molecule has 2 aromatic rings. The zero-order chi connectivity index (χ0) is 14.1. The molecule has 0 aliphatic heterocycles. The van der Waals surface area contributed by atoms with Crippen molar-refractivity contribution in [3.63, 3.8) is 0 Å². The van der Waals surface area contributed by atoms with E-state index >= 15 is 0 Å². The fraction of sp³-hybridized carbons (Fsp3) is 0.200. The number of carbonyl (C=O) groups excluding carboxylic acids is 1. The molecule has 1 aliphatic rings. The van der Waals surface area contributed by atoms with Gasteiger partial charge in [-0.05, 0) is 18.9 Å². The number of hydrogen-bond acceptors (Lipinski definition) is 2. The van der Waals surface area contributed by atoms with E-state index in [0.717, 1.165) is 40.7 Å². The number of rotatable bonds is 2. The van der Waals surface area contributed by atoms with E-state index in [2.05, 4.69) is 21.4 Å². The van der Waals surface area contributed by atoms with Crippen LogP contribution in [0.15, 0.2) is 36.3 Å². The number of nitrogens with zero attached hydrogens (tertiary/aromatic N) is 1. The van der Waals surface area contributed by atoms with E-state index in [1.54, 1.807) is 6.20 Å². The maximum Gasteiger partial charge on any atom is 0.221 e. The Morgan fingerprint density at radius 1 is 1.50 bits per heavy atom. The van der Waals surface area contributed by atoms with Crippen LogP contribution in [0.4, 0.5) is 0 Å². The standard InChI is InChI=1S/C15H14ClN3O/c1-9(20)19-13-5-3-2-4-10(13)14-11-6-7-17-15(11)18-8-12(14)16/h2,4,6-8H,3,5H2,1H3,(H,17,18)(H,19,20). The average Bonchev–Trinajstić information content (AvgIpc) is 2.87. The van der Waals surface area contributed by atoms with Crippen LogP contribution in [0, 0.1) is 0 Å². The third-order valence-electron chi connectivity index (χ3n) is 3.31. The highest BCUT2D eigenvalue weighted by molar-refractivity contribution is 6.33. The predicted molar refractivity (Wildman–Crippen MR) is 80.2 cm³/mol. The van der Waals surface area contributed by atoms with Gasteiger partial charge in [-0.3, -0.25) is 4.79 Å². The van der Waals surface area contributed by atoms with Gasteiger partial charge < -0.3 is 10.3 Å². The first-order chi connectivity index (χ1) is 9.66. The maximum atomic E-state index is 11.4. The number of amides is 1. The molecule has 1 aliphatic carbocycles. The number of aromatic nitrogens is 2. The second-order valence-corrected chi connectivity index (χ2v) is 5.14. The zero-order valence-corrected chi connectivity index (χ0v) is 11.8. The Kier molecular flexibility index (Phi) is 3.32. The topological polar surface area (TPSA) is 57.8 Å². The van der Waals surface area contributed by atoms with Gasteiger partial charge in [-0.2, -0.15) is 0 Å². The van der Waals surface area contributed by atoms with Crippen LogP contribution in [0.1, 0.15) is 25.3 Å². The molecule has 20 heavy (non-hydrogen) atoms. The molecule has 0 radical (unpaired) electrons. The van der Waals surface area contributed by atoms with Gasteiger partial charge in [0.1, 0.15) is 5.65 Å². The van der Waals surface area contributed by atoms with Gasteiger partial charge in [0.2, 0.25) is 5.91 Å². The summed E-state index contributed by atoms with van der Waals surface area (Å²) in [5.74, 6) is -0.0664. The Hall–Kier alpha value is -2.07. The summed E-state index contributed by atoms with van der Waals surface area (Å²) in [5, 5.41) is 4.46. The molecule has 0 saturated carbocycles. The normalized spacial score (nSPS) is 14.9. The molecule has 1 amide bonds. The van der Waals surface area contributed by atoms with Crippen molar-refractivity contribution in [2.75, 3.05) is 0 Å². The summed E-state index contributed by atoms with van der Waals surface area (Å²) in [7, 11) is 0. The molecular formula is C15H14ClN3O. The van der Waals surface area contributed by atoms with Crippen molar-refractivity contribution in [3.05, 3.63) is 46.9 Å². The van der Waals surface area contributed by atoms with Crippen LogP contribution in [-0.2, 0) is 4.79 Å². The maximum absolute atomic E-state index is 11.4. The third-order valence-corrected chi connectivity index (χ3v) is 3.59. The molecule has 2 N–H and O–H groups in total. The number of allylic oxidation sites excluding steroid dienone is 4. The minimum atomic E-state index is -0.0664. The number of halogens is 1. The minimum absolute atomic E-state index is 0.0664. The Labute approximate surface area is 121 Å². The van der Waals surface area contributed by atoms with Crippen LogP contribution in [0.3, 0.4) is 0 Å². The molecule has 3 rings (SSSR count). The van der Waals surface area contributed by atoms with Crippen LogP contribution in [-0.4, -0.2) is 15.9 Å². The van der Waals surface area contributed by atoms with Gasteiger partial charge >= 0.3 is 0 Å². The van der Waals surface area contributed by atoms with Crippen LogP contribution >= 0.6 is 11.6 Å². The van der Waals surface area contributed by atoms with Crippen molar-refractivity contribution in [1.82, 2.24) is 15.3 Å². The molecule has 2 aromatic heterocycles. The van der Waals surface area contributed by atoms with Crippen LogP contribution < -0.4 is 5.32 Å². The lowest BCUT2D eigenvalue weighted by molar-refractivity contribution is -0.118. The summed E-state index contributed by atoms with van der Waals surface area (Å²) in [6, 6.07) is 1.95. The Balaban J connectivity index is 2.24. The summed E-state index contributed by atoms with van der Waals surface area (Å²) >= 11 is 6.34. The Morgan fingerprint density at radius 3 is 3.15 bits per heavy atom. The SMILES string of the molecule is CC(=O)NC1=C(c2c(Cl)cnc3[nH]ccc23)C=CCC1. The lowest BCUT2D eigenvalue weighted by atomic mass is 9.95. The first-order valence-corrected chi connectivity index (χ1v) is 6.84. The van der Waals surface area contributed by atoms with Gasteiger partial charge in [-0.15, -0.1) is 0 Å². The first kappa shape index (κ1) is 12.9. The Morgan fingerprint density at radius 2 is 2.35 bits per heavy atom. The van der Waals surface area contributed by atoms with E-state index in [0.29, 0.717) is 5.02 Å². The van der Waals surface area contributed by atoms with E-state index in [1.807, 2.05) is 18.3 Å². The number of carbonyl (C=O) groups is 1. The largest absolute Gasteiger partial charge is 0.346 e. The minimum Gasteiger partial charge on any atom is -0.346 e. The second-order valence-electron chi connectivity index (χ2n) is 4.74. The van der Waals surface area contributed by atoms with E-state index in [1.165, 1.54) is 6.92 Å². The smallest absolute Gasteiger partial charge is 0.221 e. The average molecular weight is 288 g/mol. The van der Waals surface area contributed by atoms with Crippen LogP contribution in [0.5, 0.6) is 0 Å². The highest BCUT2D eigenvalue weighted by atomic mass is 35.5. The van der Waals surface area contributed by atoms with Crippen molar-refractivity contribution in [2.24, 2.45) is 0 Å². The third kappa shape index (κ3) is 2.23. The number of nitrogens with one attached hydrogen (secondary N) is 2. The molecule has 102 valence electrons. The number of hydrogen-bond donors (Lipinski definition) is 2. The van der Waals surface area contributed by atoms with Gasteiger partial charge in [0, 0.05) is 41.5 Å². The highest BCUT2D eigenvalue weighted by Gasteiger charge is 2.17. The van der Waals surface area contributed by atoms with Gasteiger partial charge in [-0.1, -0.05) is 23.8 Å². The van der Waals surface area contributed by atoms with Gasteiger partial charge in [0.25, 0.3) is 0 Å². The predicted octanol–water partition coefficient (Wildman–Crippen LogP) is 3.41. The van der Waals surface area contributed by atoms with Crippen LogP contribution in [0.25, 0.3) is 16.6 Å². The molecule has 0 fully saturated rings. The van der Waals surface area contributed by atoms with Gasteiger partial charge in [0.15, 0.2) is 0 Å². The lowest BCUT2D eigenvalue weighted by Crippen LogP contribution is -2.21. The molecule has 0 atom stereocenters. The summed E-state index contributed by atoms with van der Waals surface area (Å²) in [6.07, 6.45) is 9.30. The number of fused-ring (bicyclic) bond motifs is 1. The zero-order valence-electron chi connectivity index (χ0n) is 11.0. The fourth-order valence-corrected chi connectivity index (χ4v) is 2.75. The monoisotopic (exact) mass is 287 g/mol. The van der Waals surface area contributed by atoms with Gasteiger partial charge in [-0.25, -0.2) is 4.98 Å². The molecule has 0 bridgehead atoms. The van der Waals surface area contributed by atoms with E-state index in [9.17, 15) is 4.79 Å². The summed E-state index contributed by atoms with van der Waals surface area (Å²) in [6.45, 7) is 1.52. The second kappa shape index (κ2) is 5.13. The lowest BCUT2D eigenvalue weighted by Gasteiger charge is -2.18. The molecule has 0 saturated heterocycles. The number of pyridine rings is 1. The Bertz CT molecular complexity index is 743. The molecule has 4 nitrogen and oxygen atoms in total. The number of aromatic amines is 1. The van der Waals surface area contributed by atoms with Gasteiger partial charge in [0.05, 0.1) is 5.02 Å². The van der Waals surface area contributed by atoms with E-state index in [-0.39, 0.29) is 5.91 Å². The number of H-pyrrole nitrogens is 1. The summed E-state index contributed by atoms with van der Waals surface area (Å²) in [4.78, 5) is 18.7. The molecular weight excluding hydrogens is 274 g/mol. The van der Waals surface area contributed by atoms with Crippen molar-refractivity contribution in [1.29, 1.82) is 0 Å². The fourth-order valence-electron chi connectivity index (χ4n) is 2.50. The summed E-state index contributed by atoms with van der Waals surface area (Å²) < 4.78 is 0. The molecule has 0 unspecified atom stereocenters. The molecule has 5 heteroatoms. The quantitative estimate of drug-likeness (QED) is 0.889. The molecule has 0 aromatic carbocycles. The van der Waals surface area contributed by atoms with Crippen molar-refractivity contribution >= 4 is 34.1 Å². The van der Waals surface area contributed by atoms with Crippen molar-refractivity contribution in [2.45, 2.75) is 19.8 Å². The highest BCUT2D eigenvalue weighted by Crippen LogP contribution is 2.35. The van der Waals surface area contributed by atoms with E-state index < -0.39 is 0 Å². The van der Waals surface area contributed by atoms with E-state index in [4.69, 9.17) is 11.6 Å². The first-order valence-electron chi connectivity index (χ1n) is 6.46. The molecule has 0 spiro atoms. The van der Waals surface area contributed by atoms with Crippen molar-refractivity contribution in [3.8, 4) is 0 Å². The van der Waals surface area contributed by atoms with Crippen LogP contribution in [0.2, 0.25) is 5.02 Å². The van der Waals surface area contributed by atoms with Crippen molar-refractivity contribution < 1.29 is 4.79 Å². The summed E-state index contributed by atoms with van der Waals surface area (Å²) in [5.41, 5.74) is 3.58. The molecule has 2 heterocycles.